The van der Waals surface area contributed by atoms with Gasteiger partial charge in [-0.1, -0.05) is 15.9 Å². The molecule has 0 aliphatic heterocycles. The second-order valence-electron chi connectivity index (χ2n) is 4.53. The molecule has 1 amide bonds. The fourth-order valence-electron chi connectivity index (χ4n) is 2.00. The Morgan fingerprint density at radius 2 is 1.90 bits per heavy atom. The summed E-state index contributed by atoms with van der Waals surface area (Å²) in [5.74, 6) is -0.131. The average Bonchev–Trinajstić information content (AvgIpc) is 2.78. The van der Waals surface area contributed by atoms with Crippen LogP contribution in [0, 0.1) is 6.92 Å². The highest BCUT2D eigenvalue weighted by Gasteiger charge is 2.06. The number of hydrogen-bond donors (Lipinski definition) is 1. The van der Waals surface area contributed by atoms with Crippen molar-refractivity contribution in [2.45, 2.75) is 6.92 Å². The molecular formula is C15H12BrN3O. The van der Waals surface area contributed by atoms with Gasteiger partial charge in [0.25, 0.3) is 5.91 Å². The first-order valence-corrected chi connectivity index (χ1v) is 6.93. The van der Waals surface area contributed by atoms with Crippen LogP contribution in [0.3, 0.4) is 0 Å². The van der Waals surface area contributed by atoms with Gasteiger partial charge in [-0.15, -0.1) is 0 Å². The average molecular weight is 330 g/mol. The van der Waals surface area contributed by atoms with Gasteiger partial charge in [0, 0.05) is 22.4 Å². The van der Waals surface area contributed by atoms with Crippen molar-refractivity contribution in [1.29, 1.82) is 0 Å². The lowest BCUT2D eigenvalue weighted by atomic mass is 10.2. The number of carbonyl (C=O) groups is 1. The van der Waals surface area contributed by atoms with E-state index < -0.39 is 0 Å². The van der Waals surface area contributed by atoms with E-state index in [2.05, 4.69) is 26.2 Å². The Morgan fingerprint density at radius 1 is 1.15 bits per heavy atom. The summed E-state index contributed by atoms with van der Waals surface area (Å²) in [6.07, 6.45) is 3.77. The summed E-state index contributed by atoms with van der Waals surface area (Å²) < 4.78 is 2.84. The molecule has 0 spiro atoms. The molecule has 3 rings (SSSR count). The maximum Gasteiger partial charge on any atom is 0.255 e. The van der Waals surface area contributed by atoms with Gasteiger partial charge in [-0.05, 0) is 43.3 Å². The third-order valence-corrected chi connectivity index (χ3v) is 3.46. The fourth-order valence-corrected chi connectivity index (χ4v) is 2.26. The molecule has 4 nitrogen and oxygen atoms in total. The van der Waals surface area contributed by atoms with Gasteiger partial charge >= 0.3 is 0 Å². The van der Waals surface area contributed by atoms with E-state index in [0.29, 0.717) is 5.56 Å². The number of benzene rings is 1. The van der Waals surface area contributed by atoms with Gasteiger partial charge in [0.15, 0.2) is 0 Å². The second kappa shape index (κ2) is 5.09. The number of hydrogen-bond acceptors (Lipinski definition) is 2. The first-order chi connectivity index (χ1) is 9.61. The fraction of sp³-hybridized carbons (Fsp3) is 0.0667. The lowest BCUT2D eigenvalue weighted by Crippen LogP contribution is -2.12. The Kier molecular flexibility index (Phi) is 3.28. The number of aryl methyl sites for hydroxylation is 1. The van der Waals surface area contributed by atoms with Crippen molar-refractivity contribution in [3.05, 3.63) is 64.5 Å². The van der Waals surface area contributed by atoms with E-state index in [4.69, 9.17) is 0 Å². The quantitative estimate of drug-likeness (QED) is 0.779. The smallest absolute Gasteiger partial charge is 0.255 e. The Bertz CT molecular complexity index is 777. The highest BCUT2D eigenvalue weighted by Crippen LogP contribution is 2.14. The summed E-state index contributed by atoms with van der Waals surface area (Å²) in [6.45, 7) is 1.94. The van der Waals surface area contributed by atoms with Gasteiger partial charge in [-0.2, -0.15) is 0 Å². The lowest BCUT2D eigenvalue weighted by Gasteiger charge is -2.06. The van der Waals surface area contributed by atoms with Gasteiger partial charge in [0.1, 0.15) is 5.65 Å². The number of carbonyl (C=O) groups excluding carboxylic acids is 1. The first kappa shape index (κ1) is 12.9. The predicted molar refractivity (Wildman–Crippen MR) is 82.0 cm³/mol. The van der Waals surface area contributed by atoms with Crippen molar-refractivity contribution in [2.24, 2.45) is 0 Å². The number of aromatic nitrogens is 2. The van der Waals surface area contributed by atoms with E-state index in [-0.39, 0.29) is 5.91 Å². The third-order valence-electron chi connectivity index (χ3n) is 2.94. The molecule has 0 radical (unpaired) electrons. The zero-order valence-corrected chi connectivity index (χ0v) is 12.4. The Hall–Kier alpha value is -2.14. The molecule has 3 aromatic rings. The minimum Gasteiger partial charge on any atom is -0.321 e. The normalized spacial score (nSPS) is 10.7. The van der Waals surface area contributed by atoms with Crippen molar-refractivity contribution in [2.75, 3.05) is 5.32 Å². The van der Waals surface area contributed by atoms with Crippen molar-refractivity contribution in [3.8, 4) is 0 Å². The molecule has 1 aromatic carbocycles. The molecule has 1 N–H and O–H groups in total. The number of fused-ring (bicyclic) bond motifs is 1. The van der Waals surface area contributed by atoms with Gasteiger partial charge in [-0.3, -0.25) is 4.79 Å². The molecule has 2 heterocycles. The highest BCUT2D eigenvalue weighted by molar-refractivity contribution is 9.10. The number of nitrogens with one attached hydrogen (secondary N) is 1. The standard InChI is InChI=1S/C15H12BrN3O/c1-10-8-19-9-13(6-7-14(19)17-10)18-15(20)11-2-4-12(16)5-3-11/h2-9H,1H3,(H,18,20). The topological polar surface area (TPSA) is 46.4 Å². The van der Waals surface area contributed by atoms with E-state index >= 15 is 0 Å². The summed E-state index contributed by atoms with van der Waals surface area (Å²) in [5, 5.41) is 2.88. The molecule has 20 heavy (non-hydrogen) atoms. The predicted octanol–water partition coefficient (Wildman–Crippen LogP) is 3.66. The van der Waals surface area contributed by atoms with Gasteiger partial charge < -0.3 is 9.72 Å². The molecule has 100 valence electrons. The first-order valence-electron chi connectivity index (χ1n) is 6.14. The van der Waals surface area contributed by atoms with Crippen LogP contribution in [0.2, 0.25) is 0 Å². The molecule has 0 saturated carbocycles. The maximum atomic E-state index is 12.1. The van der Waals surface area contributed by atoms with Crippen LogP contribution in [0.15, 0.2) is 53.3 Å². The molecule has 0 aliphatic rings. The molecule has 0 unspecified atom stereocenters. The molecule has 0 aliphatic carbocycles. The van der Waals surface area contributed by atoms with Crippen LogP contribution >= 0.6 is 15.9 Å². The van der Waals surface area contributed by atoms with E-state index in [1.807, 2.05) is 48.0 Å². The van der Waals surface area contributed by atoms with Crippen molar-refractivity contribution in [1.82, 2.24) is 9.38 Å². The molecule has 5 heteroatoms. The number of nitrogens with zero attached hydrogens (tertiary/aromatic N) is 2. The zero-order valence-electron chi connectivity index (χ0n) is 10.8. The van der Waals surface area contributed by atoms with Crippen LogP contribution in [0.25, 0.3) is 5.65 Å². The minimum atomic E-state index is -0.131. The summed E-state index contributed by atoms with van der Waals surface area (Å²) >= 11 is 3.35. The summed E-state index contributed by atoms with van der Waals surface area (Å²) in [6, 6.07) is 11.0. The summed E-state index contributed by atoms with van der Waals surface area (Å²) in [7, 11) is 0. The molecule has 0 fully saturated rings. The number of imidazole rings is 1. The SMILES string of the molecule is Cc1cn2cc(NC(=O)c3ccc(Br)cc3)ccc2n1. The second-order valence-corrected chi connectivity index (χ2v) is 5.44. The van der Waals surface area contributed by atoms with Crippen LogP contribution in [-0.2, 0) is 0 Å². The maximum absolute atomic E-state index is 12.1. The summed E-state index contributed by atoms with van der Waals surface area (Å²) in [5.41, 5.74) is 3.17. The number of amides is 1. The molecule has 0 saturated heterocycles. The largest absolute Gasteiger partial charge is 0.321 e. The van der Waals surface area contributed by atoms with Crippen molar-refractivity contribution < 1.29 is 4.79 Å². The minimum absolute atomic E-state index is 0.131. The van der Waals surface area contributed by atoms with Crippen molar-refractivity contribution in [3.63, 3.8) is 0 Å². The van der Waals surface area contributed by atoms with Gasteiger partial charge in [-0.25, -0.2) is 4.98 Å². The third kappa shape index (κ3) is 2.58. The van der Waals surface area contributed by atoms with Crippen LogP contribution in [0.4, 0.5) is 5.69 Å². The molecule has 0 bridgehead atoms. The highest BCUT2D eigenvalue weighted by atomic mass is 79.9. The number of anilines is 1. The van der Waals surface area contributed by atoms with E-state index in [9.17, 15) is 4.79 Å². The van der Waals surface area contributed by atoms with Gasteiger partial charge in [0.05, 0.1) is 11.4 Å². The summed E-state index contributed by atoms with van der Waals surface area (Å²) in [4.78, 5) is 16.5. The van der Waals surface area contributed by atoms with Crippen LogP contribution in [-0.4, -0.2) is 15.3 Å². The molecule has 2 aromatic heterocycles. The number of halogens is 1. The monoisotopic (exact) mass is 329 g/mol. The van der Waals surface area contributed by atoms with Crippen LogP contribution in [0.1, 0.15) is 16.1 Å². The Balaban J connectivity index is 1.84. The molecular weight excluding hydrogens is 318 g/mol. The van der Waals surface area contributed by atoms with Crippen LogP contribution in [0.5, 0.6) is 0 Å². The van der Waals surface area contributed by atoms with E-state index in [0.717, 1.165) is 21.5 Å². The van der Waals surface area contributed by atoms with E-state index in [1.54, 1.807) is 12.1 Å². The van der Waals surface area contributed by atoms with E-state index in [1.165, 1.54) is 0 Å². The zero-order chi connectivity index (χ0) is 14.1. The number of pyridine rings is 1. The number of rotatable bonds is 2. The Morgan fingerprint density at radius 3 is 2.65 bits per heavy atom. The van der Waals surface area contributed by atoms with Crippen molar-refractivity contribution >= 4 is 33.2 Å². The lowest BCUT2D eigenvalue weighted by molar-refractivity contribution is 0.102. The van der Waals surface area contributed by atoms with Crippen LogP contribution < -0.4 is 5.32 Å². The van der Waals surface area contributed by atoms with Gasteiger partial charge in [0.2, 0.25) is 0 Å². The Labute approximate surface area is 124 Å². The molecule has 0 atom stereocenters.